The largest absolute Gasteiger partial charge is 0.333 e. The Morgan fingerprint density at radius 1 is 1.25 bits per heavy atom. The van der Waals surface area contributed by atoms with Gasteiger partial charge in [0.1, 0.15) is 5.01 Å². The Labute approximate surface area is 168 Å². The molecule has 0 bridgehead atoms. The number of benzene rings is 2. The number of nitrogens with zero attached hydrogens (tertiary/aromatic N) is 3. The van der Waals surface area contributed by atoms with E-state index < -0.39 is 10.0 Å². The molecule has 146 valence electrons. The Bertz CT molecular complexity index is 1140. The number of rotatable bonds is 4. The van der Waals surface area contributed by atoms with Crippen LogP contribution in [-0.2, 0) is 16.4 Å². The molecule has 1 amide bonds. The van der Waals surface area contributed by atoms with Gasteiger partial charge in [-0.05, 0) is 49.2 Å². The van der Waals surface area contributed by atoms with Gasteiger partial charge in [0.15, 0.2) is 0 Å². The Balaban J connectivity index is 1.59. The van der Waals surface area contributed by atoms with Crippen LogP contribution in [0.25, 0.3) is 10.2 Å². The van der Waals surface area contributed by atoms with Crippen molar-refractivity contribution in [1.29, 1.82) is 0 Å². The fourth-order valence-electron chi connectivity index (χ4n) is 3.46. The molecule has 6 nitrogen and oxygen atoms in total. The molecule has 28 heavy (non-hydrogen) atoms. The predicted molar refractivity (Wildman–Crippen MR) is 112 cm³/mol. The van der Waals surface area contributed by atoms with Gasteiger partial charge >= 0.3 is 0 Å². The minimum atomic E-state index is -3.30. The number of sulfonamides is 1. The number of aromatic nitrogens is 1. The molecule has 0 fully saturated rings. The average molecular weight is 416 g/mol. The van der Waals surface area contributed by atoms with Crippen LogP contribution in [0.3, 0.4) is 0 Å². The van der Waals surface area contributed by atoms with E-state index in [1.54, 1.807) is 35.4 Å². The van der Waals surface area contributed by atoms with Crippen LogP contribution in [0.15, 0.2) is 42.5 Å². The van der Waals surface area contributed by atoms with Crippen LogP contribution in [-0.4, -0.2) is 44.1 Å². The van der Waals surface area contributed by atoms with Gasteiger partial charge in [-0.25, -0.2) is 13.4 Å². The molecule has 1 aliphatic rings. The molecule has 0 radical (unpaired) electrons. The number of anilines is 1. The van der Waals surface area contributed by atoms with Gasteiger partial charge in [0.25, 0.3) is 5.91 Å². The summed E-state index contributed by atoms with van der Waals surface area (Å²) in [4.78, 5) is 19.4. The zero-order valence-corrected chi connectivity index (χ0v) is 17.5. The molecule has 0 N–H and O–H groups in total. The summed E-state index contributed by atoms with van der Waals surface area (Å²) in [7, 11) is -1.52. The molecule has 0 spiro atoms. The zero-order valence-electron chi connectivity index (χ0n) is 15.9. The molecular weight excluding hydrogens is 394 g/mol. The van der Waals surface area contributed by atoms with Crippen LogP contribution >= 0.6 is 11.3 Å². The normalized spacial score (nSPS) is 14.9. The van der Waals surface area contributed by atoms with Crippen molar-refractivity contribution in [2.45, 2.75) is 19.4 Å². The maximum Gasteiger partial charge on any atom is 0.254 e. The van der Waals surface area contributed by atoms with Crippen LogP contribution in [0, 0.1) is 0 Å². The second kappa shape index (κ2) is 6.86. The first-order valence-electron chi connectivity index (χ1n) is 8.99. The first kappa shape index (κ1) is 18.9. The quantitative estimate of drug-likeness (QED) is 0.654. The summed E-state index contributed by atoms with van der Waals surface area (Å²) in [6.07, 6.45) is 1.81. The number of thiazole rings is 1. The van der Waals surface area contributed by atoms with Crippen molar-refractivity contribution in [2.24, 2.45) is 0 Å². The van der Waals surface area contributed by atoms with Gasteiger partial charge in [0.2, 0.25) is 10.0 Å². The minimum Gasteiger partial charge on any atom is -0.333 e. The summed E-state index contributed by atoms with van der Waals surface area (Å²) < 4.78 is 26.3. The highest BCUT2D eigenvalue weighted by molar-refractivity contribution is 7.92. The molecule has 1 aromatic heterocycles. The summed E-state index contributed by atoms with van der Waals surface area (Å²) in [5.74, 6) is -0.104. The maximum absolute atomic E-state index is 13.0. The number of amides is 1. The Morgan fingerprint density at radius 3 is 2.71 bits per heavy atom. The van der Waals surface area contributed by atoms with Crippen molar-refractivity contribution < 1.29 is 13.2 Å². The first-order valence-corrected chi connectivity index (χ1v) is 11.7. The average Bonchev–Trinajstić information content (AvgIpc) is 3.29. The first-order chi connectivity index (χ1) is 13.3. The van der Waals surface area contributed by atoms with Crippen LogP contribution in [0.2, 0.25) is 0 Å². The lowest BCUT2D eigenvalue weighted by Gasteiger charge is -2.24. The van der Waals surface area contributed by atoms with E-state index in [1.807, 2.05) is 37.3 Å². The van der Waals surface area contributed by atoms with Gasteiger partial charge in [-0.2, -0.15) is 0 Å². The molecule has 1 atom stereocenters. The van der Waals surface area contributed by atoms with Gasteiger partial charge in [0, 0.05) is 19.2 Å². The van der Waals surface area contributed by atoms with Crippen molar-refractivity contribution in [1.82, 2.24) is 9.88 Å². The topological polar surface area (TPSA) is 70.6 Å². The molecule has 3 aromatic rings. The van der Waals surface area contributed by atoms with E-state index in [1.165, 1.54) is 10.6 Å². The highest BCUT2D eigenvalue weighted by Gasteiger charge is 2.28. The molecule has 8 heteroatoms. The highest BCUT2D eigenvalue weighted by atomic mass is 32.2. The van der Waals surface area contributed by atoms with Crippen LogP contribution < -0.4 is 4.31 Å². The van der Waals surface area contributed by atoms with E-state index in [9.17, 15) is 13.2 Å². The Kier molecular flexibility index (Phi) is 4.63. The molecule has 2 aromatic carbocycles. The van der Waals surface area contributed by atoms with Gasteiger partial charge < -0.3 is 4.90 Å². The van der Waals surface area contributed by atoms with Gasteiger partial charge in [-0.15, -0.1) is 11.3 Å². The molecule has 0 unspecified atom stereocenters. The summed E-state index contributed by atoms with van der Waals surface area (Å²) in [5.41, 5.74) is 3.05. The fourth-order valence-corrected chi connectivity index (χ4v) is 5.48. The van der Waals surface area contributed by atoms with Crippen LogP contribution in [0.4, 0.5) is 5.69 Å². The summed E-state index contributed by atoms with van der Waals surface area (Å²) in [6, 6.07) is 13.0. The Morgan fingerprint density at radius 2 is 2.00 bits per heavy atom. The summed E-state index contributed by atoms with van der Waals surface area (Å²) in [5, 5.41) is 0.890. The third-order valence-corrected chi connectivity index (χ3v) is 7.54. The molecule has 2 heterocycles. The van der Waals surface area contributed by atoms with E-state index in [0.29, 0.717) is 24.2 Å². The van der Waals surface area contributed by atoms with Gasteiger partial charge in [0.05, 0.1) is 28.2 Å². The molecular formula is C20H21N3O3S2. The molecule has 0 aliphatic carbocycles. The fraction of sp³-hybridized carbons (Fsp3) is 0.300. The van der Waals surface area contributed by atoms with E-state index in [-0.39, 0.29) is 11.9 Å². The van der Waals surface area contributed by atoms with Gasteiger partial charge in [-0.3, -0.25) is 9.10 Å². The SMILES string of the molecule is C[C@H](c1nc2ccccc2s1)N(C)C(=O)c1ccc2c(c1)CCN2S(C)(=O)=O. The molecule has 4 rings (SSSR count). The maximum atomic E-state index is 13.0. The van der Waals surface area contributed by atoms with Crippen molar-refractivity contribution in [3.63, 3.8) is 0 Å². The van der Waals surface area contributed by atoms with Crippen LogP contribution in [0.1, 0.15) is 33.9 Å². The zero-order chi connectivity index (χ0) is 20.1. The number of hydrogen-bond acceptors (Lipinski definition) is 5. The predicted octanol–water partition coefficient (Wildman–Crippen LogP) is 3.45. The number of carbonyl (C=O) groups excluding carboxylic acids is 1. The number of hydrogen-bond donors (Lipinski definition) is 0. The minimum absolute atomic E-state index is 0.104. The lowest BCUT2D eigenvalue weighted by molar-refractivity contribution is 0.0742. The van der Waals surface area contributed by atoms with Gasteiger partial charge in [-0.1, -0.05) is 12.1 Å². The van der Waals surface area contributed by atoms with E-state index in [4.69, 9.17) is 0 Å². The van der Waals surface area contributed by atoms with Crippen molar-refractivity contribution in [3.05, 3.63) is 58.6 Å². The second-order valence-corrected chi connectivity index (χ2v) is 10.0. The van der Waals surface area contributed by atoms with Crippen molar-refractivity contribution in [2.75, 3.05) is 24.2 Å². The molecule has 0 saturated carbocycles. The highest BCUT2D eigenvalue weighted by Crippen LogP contribution is 2.33. The van der Waals surface area contributed by atoms with E-state index in [2.05, 4.69) is 4.98 Å². The molecule has 0 saturated heterocycles. The summed E-state index contributed by atoms with van der Waals surface area (Å²) in [6.45, 7) is 2.39. The van der Waals surface area contributed by atoms with Crippen molar-refractivity contribution in [3.8, 4) is 0 Å². The number of para-hydroxylation sites is 1. The lowest BCUT2D eigenvalue weighted by atomic mass is 10.1. The Hall–Kier alpha value is -2.45. The van der Waals surface area contributed by atoms with E-state index in [0.717, 1.165) is 20.8 Å². The van der Waals surface area contributed by atoms with Crippen LogP contribution in [0.5, 0.6) is 0 Å². The van der Waals surface area contributed by atoms with Crippen molar-refractivity contribution >= 4 is 43.2 Å². The monoisotopic (exact) mass is 415 g/mol. The van der Waals surface area contributed by atoms with E-state index >= 15 is 0 Å². The number of carbonyl (C=O) groups is 1. The third-order valence-electron chi connectivity index (χ3n) is 5.15. The third kappa shape index (κ3) is 3.27. The standard InChI is InChI=1S/C20H21N3O3S2/c1-13(19-21-16-6-4-5-7-18(16)27-19)22(2)20(24)15-8-9-17-14(12-15)10-11-23(17)28(3,25)26/h4-9,12-13H,10-11H2,1-3H3/t13-/m1/s1. The lowest BCUT2D eigenvalue weighted by Crippen LogP contribution is -2.29. The summed E-state index contributed by atoms with van der Waals surface area (Å²) >= 11 is 1.59. The molecule has 1 aliphatic heterocycles. The second-order valence-electron chi connectivity index (χ2n) is 7.04. The smallest absolute Gasteiger partial charge is 0.254 e. The number of fused-ring (bicyclic) bond motifs is 2.